The van der Waals surface area contributed by atoms with Gasteiger partial charge in [0.15, 0.2) is 0 Å². The van der Waals surface area contributed by atoms with Crippen molar-refractivity contribution < 1.29 is 4.74 Å². The molecule has 6 rings (SSSR count). The highest BCUT2D eigenvalue weighted by Crippen LogP contribution is 2.52. The van der Waals surface area contributed by atoms with Gasteiger partial charge in [-0.3, -0.25) is 9.97 Å². The molecule has 0 spiro atoms. The van der Waals surface area contributed by atoms with Crippen LogP contribution in [0.15, 0.2) is 60.9 Å². The van der Waals surface area contributed by atoms with Crippen molar-refractivity contribution >= 4 is 10.9 Å². The molecule has 3 heterocycles. The Kier molecular flexibility index (Phi) is 2.65. The van der Waals surface area contributed by atoms with E-state index in [2.05, 4.69) is 53.3 Å². The Bertz CT molecular complexity index is 1210. The molecule has 0 amide bonds. The average Bonchev–Trinajstić information content (AvgIpc) is 3.00. The molecule has 4 aromatic rings. The van der Waals surface area contributed by atoms with Crippen molar-refractivity contribution in [3.05, 3.63) is 77.6 Å². The van der Waals surface area contributed by atoms with Crippen molar-refractivity contribution in [3.63, 3.8) is 0 Å². The van der Waals surface area contributed by atoms with Gasteiger partial charge in [-0.25, -0.2) is 0 Å². The van der Waals surface area contributed by atoms with E-state index in [4.69, 9.17) is 4.74 Å². The summed E-state index contributed by atoms with van der Waals surface area (Å²) in [5.74, 6) is 1.20. The minimum Gasteiger partial charge on any atom is -0.487 e. The van der Waals surface area contributed by atoms with Crippen molar-refractivity contribution in [3.8, 4) is 28.1 Å². The largest absolute Gasteiger partial charge is 0.487 e. The zero-order chi connectivity index (χ0) is 17.3. The van der Waals surface area contributed by atoms with Gasteiger partial charge in [0.25, 0.3) is 0 Å². The average molecular weight is 336 g/mol. The van der Waals surface area contributed by atoms with Crippen molar-refractivity contribution in [2.45, 2.75) is 19.4 Å². The Hall–Kier alpha value is -3.20. The number of rotatable bonds is 0. The quantitative estimate of drug-likeness (QED) is 0.436. The van der Waals surface area contributed by atoms with Crippen LogP contribution in [0.1, 0.15) is 29.5 Å². The second-order valence-corrected chi connectivity index (χ2v) is 7.03. The number of fused-ring (bicyclic) bond motifs is 9. The SMILES string of the molecule is CC1c2cccnc2-c2ccc3c(c21)-c1c(cnc2ccccc12)OC3. The molecule has 1 atom stereocenters. The third-order valence-corrected chi connectivity index (χ3v) is 5.70. The molecule has 3 nitrogen and oxygen atoms in total. The van der Waals surface area contributed by atoms with Crippen molar-refractivity contribution in [1.82, 2.24) is 9.97 Å². The molecule has 1 aliphatic carbocycles. The van der Waals surface area contributed by atoms with Gasteiger partial charge in [-0.1, -0.05) is 43.3 Å². The molecule has 0 radical (unpaired) electrons. The molecule has 0 bridgehead atoms. The monoisotopic (exact) mass is 336 g/mol. The first-order valence-electron chi connectivity index (χ1n) is 8.95. The van der Waals surface area contributed by atoms with E-state index in [1.165, 1.54) is 33.4 Å². The Labute approximate surface area is 151 Å². The summed E-state index contributed by atoms with van der Waals surface area (Å²) in [6.45, 7) is 2.87. The highest BCUT2D eigenvalue weighted by atomic mass is 16.5. The van der Waals surface area contributed by atoms with Crippen LogP contribution in [0.25, 0.3) is 33.3 Å². The smallest absolute Gasteiger partial charge is 0.146 e. The highest BCUT2D eigenvalue weighted by molar-refractivity contribution is 6.02. The second-order valence-electron chi connectivity index (χ2n) is 7.03. The molecule has 0 saturated carbocycles. The van der Waals surface area contributed by atoms with Crippen LogP contribution in [0, 0.1) is 0 Å². The van der Waals surface area contributed by atoms with Crippen molar-refractivity contribution in [1.29, 1.82) is 0 Å². The van der Waals surface area contributed by atoms with Crippen LogP contribution in [0.3, 0.4) is 0 Å². The highest BCUT2D eigenvalue weighted by Gasteiger charge is 2.33. The molecule has 3 heteroatoms. The molecule has 0 saturated heterocycles. The summed E-state index contributed by atoms with van der Waals surface area (Å²) < 4.78 is 6.05. The number of aromatic nitrogens is 2. The first-order chi connectivity index (χ1) is 12.8. The Balaban J connectivity index is 1.75. The van der Waals surface area contributed by atoms with Gasteiger partial charge < -0.3 is 4.74 Å². The first-order valence-corrected chi connectivity index (χ1v) is 8.95. The van der Waals surface area contributed by atoms with Gasteiger partial charge >= 0.3 is 0 Å². The predicted molar refractivity (Wildman–Crippen MR) is 102 cm³/mol. The number of pyridine rings is 2. The zero-order valence-corrected chi connectivity index (χ0v) is 14.4. The lowest BCUT2D eigenvalue weighted by molar-refractivity contribution is 0.301. The van der Waals surface area contributed by atoms with Gasteiger partial charge in [0.2, 0.25) is 0 Å². The first kappa shape index (κ1) is 14.0. The van der Waals surface area contributed by atoms with Crippen LogP contribution >= 0.6 is 0 Å². The molecule has 1 aliphatic heterocycles. The number of ether oxygens (including phenoxy) is 1. The molecule has 2 aromatic carbocycles. The maximum atomic E-state index is 6.05. The third kappa shape index (κ3) is 1.67. The number of hydrogen-bond donors (Lipinski definition) is 0. The molecule has 0 fully saturated rings. The van der Waals surface area contributed by atoms with Crippen LogP contribution in [0.4, 0.5) is 0 Å². The van der Waals surface area contributed by atoms with E-state index < -0.39 is 0 Å². The van der Waals surface area contributed by atoms with Crippen LogP contribution in [-0.4, -0.2) is 9.97 Å². The summed E-state index contributed by atoms with van der Waals surface area (Å²) >= 11 is 0. The minimum absolute atomic E-state index is 0.321. The van der Waals surface area contributed by atoms with E-state index in [1.54, 1.807) is 0 Å². The maximum absolute atomic E-state index is 6.05. The van der Waals surface area contributed by atoms with Crippen molar-refractivity contribution in [2.75, 3.05) is 0 Å². The fourth-order valence-electron chi connectivity index (χ4n) is 4.53. The van der Waals surface area contributed by atoms with E-state index in [0.29, 0.717) is 12.5 Å². The Morgan fingerprint density at radius 3 is 2.85 bits per heavy atom. The molecular weight excluding hydrogens is 320 g/mol. The van der Waals surface area contributed by atoms with E-state index in [0.717, 1.165) is 22.3 Å². The van der Waals surface area contributed by atoms with Crippen LogP contribution in [0.5, 0.6) is 5.75 Å². The fraction of sp³-hybridized carbons (Fsp3) is 0.130. The lowest BCUT2D eigenvalue weighted by Gasteiger charge is -2.25. The Morgan fingerprint density at radius 2 is 1.88 bits per heavy atom. The lowest BCUT2D eigenvalue weighted by Crippen LogP contribution is -2.09. The number of hydrogen-bond acceptors (Lipinski definition) is 3. The standard InChI is InChI=1S/C23H16N2O/c1-13-15-6-4-10-24-23(15)17-9-8-14-12-26-19-11-25-18-7-3-2-5-16(18)22(19)21(14)20(13)17/h2-11,13H,12H2,1H3. The van der Waals surface area contributed by atoms with Crippen LogP contribution < -0.4 is 4.74 Å². The zero-order valence-electron chi connectivity index (χ0n) is 14.4. The molecular formula is C23H16N2O. The van der Waals surface area contributed by atoms with Crippen LogP contribution in [-0.2, 0) is 6.61 Å². The topological polar surface area (TPSA) is 35.0 Å². The number of para-hydroxylation sites is 1. The molecule has 0 N–H and O–H groups in total. The summed E-state index contributed by atoms with van der Waals surface area (Å²) in [6, 6.07) is 16.9. The van der Waals surface area contributed by atoms with Gasteiger partial charge in [0.1, 0.15) is 12.4 Å². The van der Waals surface area contributed by atoms with E-state index in [1.807, 2.05) is 24.5 Å². The predicted octanol–water partition coefficient (Wildman–Crippen LogP) is 5.32. The summed E-state index contributed by atoms with van der Waals surface area (Å²) in [5.41, 5.74) is 9.78. The third-order valence-electron chi connectivity index (χ3n) is 5.70. The van der Waals surface area contributed by atoms with Gasteiger partial charge in [0, 0.05) is 28.6 Å². The fourth-order valence-corrected chi connectivity index (χ4v) is 4.53. The van der Waals surface area contributed by atoms with E-state index >= 15 is 0 Å². The number of nitrogens with zero attached hydrogens (tertiary/aromatic N) is 2. The Morgan fingerprint density at radius 1 is 0.962 bits per heavy atom. The van der Waals surface area contributed by atoms with Gasteiger partial charge in [0.05, 0.1) is 17.4 Å². The van der Waals surface area contributed by atoms with E-state index in [9.17, 15) is 0 Å². The molecule has 124 valence electrons. The molecule has 26 heavy (non-hydrogen) atoms. The summed E-state index contributed by atoms with van der Waals surface area (Å²) in [6.07, 6.45) is 3.75. The summed E-state index contributed by atoms with van der Waals surface area (Å²) in [4.78, 5) is 9.26. The van der Waals surface area contributed by atoms with Crippen molar-refractivity contribution in [2.24, 2.45) is 0 Å². The number of benzene rings is 2. The molecule has 1 unspecified atom stereocenters. The van der Waals surface area contributed by atoms with Gasteiger partial charge in [-0.15, -0.1) is 0 Å². The molecule has 2 aromatic heterocycles. The lowest BCUT2D eigenvalue weighted by atomic mass is 9.85. The van der Waals surface area contributed by atoms with E-state index in [-0.39, 0.29) is 0 Å². The normalized spacial score (nSPS) is 16.4. The summed E-state index contributed by atoms with van der Waals surface area (Å²) in [5, 5.41) is 1.15. The second kappa shape index (κ2) is 4.92. The van der Waals surface area contributed by atoms with Gasteiger partial charge in [-0.2, -0.15) is 0 Å². The van der Waals surface area contributed by atoms with Crippen LogP contribution in [0.2, 0.25) is 0 Å². The van der Waals surface area contributed by atoms with Gasteiger partial charge in [-0.05, 0) is 34.4 Å². The minimum atomic E-state index is 0.321. The summed E-state index contributed by atoms with van der Waals surface area (Å²) in [7, 11) is 0. The molecule has 2 aliphatic rings. The maximum Gasteiger partial charge on any atom is 0.146 e.